The standard InChI is InChI=1S/C19H16BrClN2O2S/c20-12-7-8-16-17(10-12)26-19(22-16)23(11-13-4-3-9-25-13)18(24)14-5-1-2-6-15(14)21/h1-2,5-8,10,13H,3-4,9,11H2. The molecule has 26 heavy (non-hydrogen) atoms. The maximum Gasteiger partial charge on any atom is 0.261 e. The van der Waals surface area contributed by atoms with E-state index < -0.39 is 0 Å². The Morgan fingerprint density at radius 2 is 2.19 bits per heavy atom. The minimum absolute atomic E-state index is 0.0280. The van der Waals surface area contributed by atoms with Gasteiger partial charge in [-0.3, -0.25) is 9.69 Å². The molecule has 1 aromatic heterocycles. The number of nitrogens with zero attached hydrogens (tertiary/aromatic N) is 2. The summed E-state index contributed by atoms with van der Waals surface area (Å²) in [5.74, 6) is -0.149. The minimum atomic E-state index is -0.149. The van der Waals surface area contributed by atoms with Gasteiger partial charge in [-0.25, -0.2) is 4.98 Å². The summed E-state index contributed by atoms with van der Waals surface area (Å²) in [5.41, 5.74) is 1.35. The van der Waals surface area contributed by atoms with Crippen molar-refractivity contribution in [1.82, 2.24) is 4.98 Å². The van der Waals surface area contributed by atoms with Gasteiger partial charge in [0.2, 0.25) is 0 Å². The molecular formula is C19H16BrClN2O2S. The quantitative estimate of drug-likeness (QED) is 0.523. The van der Waals surface area contributed by atoms with Gasteiger partial charge >= 0.3 is 0 Å². The summed E-state index contributed by atoms with van der Waals surface area (Å²) in [5, 5.41) is 1.11. The maximum absolute atomic E-state index is 13.2. The van der Waals surface area contributed by atoms with Crippen LogP contribution in [0.4, 0.5) is 5.13 Å². The first-order valence-electron chi connectivity index (χ1n) is 8.36. The lowest BCUT2D eigenvalue weighted by Gasteiger charge is -2.23. The molecule has 4 nitrogen and oxygen atoms in total. The van der Waals surface area contributed by atoms with Crippen LogP contribution in [-0.2, 0) is 4.74 Å². The number of rotatable bonds is 4. The second kappa shape index (κ2) is 7.64. The van der Waals surface area contributed by atoms with Gasteiger partial charge in [0.15, 0.2) is 5.13 Å². The lowest BCUT2D eigenvalue weighted by atomic mass is 10.1. The summed E-state index contributed by atoms with van der Waals surface area (Å²) in [7, 11) is 0. The Morgan fingerprint density at radius 1 is 1.35 bits per heavy atom. The zero-order chi connectivity index (χ0) is 18.1. The summed E-state index contributed by atoms with van der Waals surface area (Å²) in [6, 6.07) is 13.0. The molecule has 0 saturated carbocycles. The smallest absolute Gasteiger partial charge is 0.261 e. The second-order valence-electron chi connectivity index (χ2n) is 6.14. The van der Waals surface area contributed by atoms with Gasteiger partial charge in [-0.15, -0.1) is 0 Å². The van der Waals surface area contributed by atoms with Crippen molar-refractivity contribution in [1.29, 1.82) is 0 Å². The Bertz CT molecular complexity index is 956. The summed E-state index contributed by atoms with van der Waals surface area (Å²) >= 11 is 11.2. The van der Waals surface area contributed by atoms with E-state index in [1.54, 1.807) is 17.0 Å². The van der Waals surface area contributed by atoms with E-state index in [0.29, 0.717) is 22.3 Å². The van der Waals surface area contributed by atoms with Crippen LogP contribution in [0.15, 0.2) is 46.9 Å². The SMILES string of the molecule is O=C(c1ccccc1Cl)N(CC1CCCO1)c1nc2ccc(Br)cc2s1. The molecule has 1 atom stereocenters. The van der Waals surface area contributed by atoms with E-state index in [9.17, 15) is 4.79 Å². The largest absolute Gasteiger partial charge is 0.376 e. The molecule has 1 aliphatic heterocycles. The molecule has 0 N–H and O–H groups in total. The molecule has 2 heterocycles. The number of ether oxygens (including phenoxy) is 1. The van der Waals surface area contributed by atoms with Gasteiger partial charge in [0, 0.05) is 11.1 Å². The van der Waals surface area contributed by atoms with Crippen molar-refractivity contribution in [3.05, 3.63) is 57.5 Å². The zero-order valence-electron chi connectivity index (χ0n) is 13.8. The number of hydrogen-bond donors (Lipinski definition) is 0. The van der Waals surface area contributed by atoms with E-state index in [2.05, 4.69) is 20.9 Å². The lowest BCUT2D eigenvalue weighted by molar-refractivity contribution is 0.0917. The van der Waals surface area contributed by atoms with E-state index in [0.717, 1.165) is 34.1 Å². The third-order valence-electron chi connectivity index (χ3n) is 4.33. The molecule has 0 spiro atoms. The van der Waals surface area contributed by atoms with Crippen molar-refractivity contribution in [3.63, 3.8) is 0 Å². The Labute approximate surface area is 168 Å². The Kier molecular flexibility index (Phi) is 5.27. The topological polar surface area (TPSA) is 42.4 Å². The van der Waals surface area contributed by atoms with Crippen molar-refractivity contribution in [2.75, 3.05) is 18.1 Å². The maximum atomic E-state index is 13.2. The van der Waals surface area contributed by atoms with Crippen LogP contribution in [0.1, 0.15) is 23.2 Å². The van der Waals surface area contributed by atoms with Gasteiger partial charge in [-0.2, -0.15) is 0 Å². The zero-order valence-corrected chi connectivity index (χ0v) is 17.0. The fraction of sp³-hybridized carbons (Fsp3) is 0.263. The number of amides is 1. The first-order chi connectivity index (χ1) is 12.6. The van der Waals surface area contributed by atoms with Gasteiger partial charge in [-0.1, -0.05) is 51.0 Å². The van der Waals surface area contributed by atoms with Gasteiger partial charge in [0.05, 0.1) is 33.5 Å². The predicted molar refractivity (Wildman–Crippen MR) is 109 cm³/mol. The van der Waals surface area contributed by atoms with Crippen LogP contribution >= 0.6 is 38.9 Å². The molecule has 0 radical (unpaired) electrons. The molecule has 1 saturated heterocycles. The number of anilines is 1. The number of halogens is 2. The van der Waals surface area contributed by atoms with Gasteiger partial charge in [0.1, 0.15) is 0 Å². The number of thiazole rings is 1. The molecule has 1 fully saturated rings. The highest BCUT2D eigenvalue weighted by Crippen LogP contribution is 2.33. The highest BCUT2D eigenvalue weighted by atomic mass is 79.9. The fourth-order valence-electron chi connectivity index (χ4n) is 3.02. The van der Waals surface area contributed by atoms with Crippen LogP contribution in [-0.4, -0.2) is 30.1 Å². The van der Waals surface area contributed by atoms with Crippen molar-refractivity contribution < 1.29 is 9.53 Å². The summed E-state index contributed by atoms with van der Waals surface area (Å²) in [6.45, 7) is 1.22. The number of benzene rings is 2. The molecule has 4 rings (SSSR count). The monoisotopic (exact) mass is 450 g/mol. The highest BCUT2D eigenvalue weighted by Gasteiger charge is 2.28. The average molecular weight is 452 g/mol. The second-order valence-corrected chi connectivity index (χ2v) is 8.47. The van der Waals surface area contributed by atoms with Crippen LogP contribution in [0.25, 0.3) is 10.2 Å². The normalized spacial score (nSPS) is 16.9. The van der Waals surface area contributed by atoms with Crippen LogP contribution in [0.5, 0.6) is 0 Å². The van der Waals surface area contributed by atoms with E-state index >= 15 is 0 Å². The molecule has 7 heteroatoms. The van der Waals surface area contributed by atoms with E-state index in [1.807, 2.05) is 30.3 Å². The highest BCUT2D eigenvalue weighted by molar-refractivity contribution is 9.10. The van der Waals surface area contributed by atoms with E-state index in [-0.39, 0.29) is 12.0 Å². The predicted octanol–water partition coefficient (Wildman–Crippen LogP) is 5.54. The Hall–Kier alpha value is -1.47. The van der Waals surface area contributed by atoms with Crippen molar-refractivity contribution >= 4 is 60.1 Å². The van der Waals surface area contributed by atoms with Crippen molar-refractivity contribution in [3.8, 4) is 0 Å². The van der Waals surface area contributed by atoms with Gasteiger partial charge in [-0.05, 0) is 43.2 Å². The fourth-order valence-corrected chi connectivity index (χ4v) is 4.76. The van der Waals surface area contributed by atoms with Crippen LogP contribution < -0.4 is 4.90 Å². The molecular weight excluding hydrogens is 436 g/mol. The summed E-state index contributed by atoms with van der Waals surface area (Å²) in [6.07, 6.45) is 1.99. The number of carbonyl (C=O) groups is 1. The molecule has 1 unspecified atom stereocenters. The molecule has 3 aromatic rings. The average Bonchev–Trinajstić information content (AvgIpc) is 3.28. The third kappa shape index (κ3) is 3.64. The number of aromatic nitrogens is 1. The molecule has 1 aliphatic rings. The van der Waals surface area contributed by atoms with Crippen LogP contribution in [0.3, 0.4) is 0 Å². The Morgan fingerprint density at radius 3 is 2.96 bits per heavy atom. The molecule has 2 aromatic carbocycles. The van der Waals surface area contributed by atoms with Crippen molar-refractivity contribution in [2.24, 2.45) is 0 Å². The molecule has 0 bridgehead atoms. The number of hydrogen-bond acceptors (Lipinski definition) is 4. The molecule has 1 amide bonds. The van der Waals surface area contributed by atoms with E-state index in [4.69, 9.17) is 16.3 Å². The van der Waals surface area contributed by atoms with Crippen LogP contribution in [0.2, 0.25) is 5.02 Å². The number of carbonyl (C=O) groups excluding carboxylic acids is 1. The lowest BCUT2D eigenvalue weighted by Crippen LogP contribution is -2.37. The number of fused-ring (bicyclic) bond motifs is 1. The molecule has 0 aliphatic carbocycles. The van der Waals surface area contributed by atoms with Gasteiger partial charge < -0.3 is 4.74 Å². The third-order valence-corrected chi connectivity index (χ3v) is 6.19. The summed E-state index contributed by atoms with van der Waals surface area (Å²) < 4.78 is 7.77. The minimum Gasteiger partial charge on any atom is -0.376 e. The summed E-state index contributed by atoms with van der Waals surface area (Å²) in [4.78, 5) is 19.6. The van der Waals surface area contributed by atoms with Gasteiger partial charge in [0.25, 0.3) is 5.91 Å². The first-order valence-corrected chi connectivity index (χ1v) is 10.3. The van der Waals surface area contributed by atoms with E-state index in [1.165, 1.54) is 11.3 Å². The van der Waals surface area contributed by atoms with Crippen LogP contribution in [0, 0.1) is 0 Å². The van der Waals surface area contributed by atoms with Crippen molar-refractivity contribution in [2.45, 2.75) is 18.9 Å². The Balaban J connectivity index is 1.73. The first kappa shape index (κ1) is 17.9. The molecule has 134 valence electrons.